The molecule has 2 amide bonds. The van der Waals surface area contributed by atoms with Gasteiger partial charge in [0.25, 0.3) is 0 Å². The minimum absolute atomic E-state index is 0.0356. The van der Waals surface area contributed by atoms with Gasteiger partial charge in [-0.25, -0.2) is 5.43 Å². The van der Waals surface area contributed by atoms with Gasteiger partial charge in [0.05, 0.1) is 22.5 Å². The molecule has 176 valence electrons. The molecule has 9 heteroatoms. The fraction of sp³-hybridized carbons (Fsp3) is 0.292. The number of carbonyl (C=O) groups is 2. The van der Waals surface area contributed by atoms with Gasteiger partial charge in [0.15, 0.2) is 0 Å². The topological polar surface area (TPSA) is 70.6 Å². The van der Waals surface area contributed by atoms with Crippen LogP contribution in [0.1, 0.15) is 56.2 Å². The molecule has 0 aliphatic rings. The number of nitrogens with one attached hydrogen (secondary N) is 2. The summed E-state index contributed by atoms with van der Waals surface area (Å²) in [6.45, 7) is 6.07. The van der Waals surface area contributed by atoms with E-state index in [1.54, 1.807) is 0 Å². The average molecular weight is 480 g/mol. The van der Waals surface area contributed by atoms with Gasteiger partial charge in [0, 0.05) is 12.8 Å². The molecule has 5 nitrogen and oxygen atoms in total. The molecule has 2 N–H and O–H groups in total. The quantitative estimate of drug-likeness (QED) is 0.339. The predicted molar refractivity (Wildman–Crippen MR) is 125 cm³/mol. The molecule has 0 aromatic heterocycles. The summed E-state index contributed by atoms with van der Waals surface area (Å²) >= 11 is 5.84. The van der Waals surface area contributed by atoms with Gasteiger partial charge in [-0.1, -0.05) is 55.8 Å². The number of amides is 2. The third kappa shape index (κ3) is 8.73. The molecular formula is C24H25ClF3N3O2. The van der Waals surface area contributed by atoms with Crippen LogP contribution in [-0.2, 0) is 15.8 Å². The zero-order valence-corrected chi connectivity index (χ0v) is 19.2. The monoisotopic (exact) mass is 479 g/mol. The number of anilines is 1. The van der Waals surface area contributed by atoms with E-state index in [1.165, 1.54) is 11.8 Å². The number of hydrogen-bond acceptors (Lipinski definition) is 3. The van der Waals surface area contributed by atoms with Crippen LogP contribution in [0.15, 0.2) is 53.1 Å². The van der Waals surface area contributed by atoms with E-state index < -0.39 is 23.6 Å². The first-order chi connectivity index (χ1) is 15.5. The van der Waals surface area contributed by atoms with Gasteiger partial charge in [-0.15, -0.1) is 0 Å². The molecule has 0 fully saturated rings. The van der Waals surface area contributed by atoms with E-state index in [0.717, 1.165) is 29.3 Å². The van der Waals surface area contributed by atoms with Crippen LogP contribution in [-0.4, -0.2) is 18.0 Å². The Morgan fingerprint density at radius 1 is 1.06 bits per heavy atom. The van der Waals surface area contributed by atoms with Gasteiger partial charge >= 0.3 is 6.18 Å². The minimum atomic E-state index is -4.56. The number of carbonyl (C=O) groups excluding carboxylic acids is 2. The van der Waals surface area contributed by atoms with Gasteiger partial charge in [-0.3, -0.25) is 9.59 Å². The SMILES string of the molecule is CC(/C=N\NC(=O)CCC(=O)Nc1cc(C(F)(F)F)ccc1Cl)=C/c1ccc(C(C)C)cc1. The Bertz CT molecular complexity index is 1050. The Morgan fingerprint density at radius 3 is 2.30 bits per heavy atom. The van der Waals surface area contributed by atoms with Gasteiger partial charge in [0.2, 0.25) is 11.8 Å². The highest BCUT2D eigenvalue weighted by Gasteiger charge is 2.31. The van der Waals surface area contributed by atoms with Crippen molar-refractivity contribution in [3.8, 4) is 0 Å². The molecule has 0 aliphatic heterocycles. The Kier molecular flexibility index (Phi) is 9.22. The van der Waals surface area contributed by atoms with Crippen LogP contribution in [0, 0.1) is 0 Å². The van der Waals surface area contributed by atoms with Crippen molar-refractivity contribution in [2.45, 2.75) is 45.7 Å². The van der Waals surface area contributed by atoms with Gasteiger partial charge in [-0.05, 0) is 47.7 Å². The van der Waals surface area contributed by atoms with E-state index in [1.807, 2.05) is 25.1 Å². The average Bonchev–Trinajstić information content (AvgIpc) is 2.73. The second-order valence-corrected chi connectivity index (χ2v) is 8.15. The van der Waals surface area contributed by atoms with Crippen molar-refractivity contribution >= 4 is 41.4 Å². The molecule has 2 aromatic rings. The fourth-order valence-corrected chi connectivity index (χ4v) is 2.94. The van der Waals surface area contributed by atoms with Gasteiger partial charge in [-0.2, -0.15) is 18.3 Å². The van der Waals surface area contributed by atoms with Gasteiger partial charge in [0.1, 0.15) is 0 Å². The summed E-state index contributed by atoms with van der Waals surface area (Å²) < 4.78 is 38.4. The first-order valence-corrected chi connectivity index (χ1v) is 10.6. The number of rotatable bonds is 8. The highest BCUT2D eigenvalue weighted by atomic mass is 35.5. The highest BCUT2D eigenvalue weighted by molar-refractivity contribution is 6.33. The Labute approximate surface area is 195 Å². The number of hydrazone groups is 1. The molecule has 0 heterocycles. The molecule has 0 atom stereocenters. The molecule has 0 saturated heterocycles. The zero-order chi connectivity index (χ0) is 24.6. The first kappa shape index (κ1) is 26.1. The van der Waals surface area contributed by atoms with Crippen molar-refractivity contribution in [3.63, 3.8) is 0 Å². The summed E-state index contributed by atoms with van der Waals surface area (Å²) in [6, 6.07) is 10.7. The lowest BCUT2D eigenvalue weighted by atomic mass is 10.0. The summed E-state index contributed by atoms with van der Waals surface area (Å²) in [5, 5.41) is 6.11. The van der Waals surface area contributed by atoms with Crippen LogP contribution in [0.2, 0.25) is 5.02 Å². The number of hydrogen-bond donors (Lipinski definition) is 2. The van der Waals surface area contributed by atoms with E-state index in [9.17, 15) is 22.8 Å². The zero-order valence-electron chi connectivity index (χ0n) is 18.5. The van der Waals surface area contributed by atoms with Crippen LogP contribution < -0.4 is 10.7 Å². The van der Waals surface area contributed by atoms with E-state index >= 15 is 0 Å². The van der Waals surface area contributed by atoms with Crippen LogP contribution in [0.5, 0.6) is 0 Å². The molecule has 0 saturated carbocycles. The second kappa shape index (κ2) is 11.7. The Balaban J connectivity index is 1.83. The second-order valence-electron chi connectivity index (χ2n) is 7.74. The number of nitrogens with zero attached hydrogens (tertiary/aromatic N) is 1. The van der Waals surface area contributed by atoms with E-state index in [0.29, 0.717) is 5.92 Å². The van der Waals surface area contributed by atoms with Crippen LogP contribution in [0.4, 0.5) is 18.9 Å². The smallest absolute Gasteiger partial charge is 0.325 e. The van der Waals surface area contributed by atoms with Crippen LogP contribution in [0.25, 0.3) is 6.08 Å². The van der Waals surface area contributed by atoms with Crippen molar-refractivity contribution in [1.82, 2.24) is 5.43 Å². The fourth-order valence-electron chi connectivity index (χ4n) is 2.78. The first-order valence-electron chi connectivity index (χ1n) is 10.2. The summed E-state index contributed by atoms with van der Waals surface area (Å²) in [5.41, 5.74) is 4.26. The summed E-state index contributed by atoms with van der Waals surface area (Å²) in [4.78, 5) is 23.9. The lowest BCUT2D eigenvalue weighted by Gasteiger charge is -2.11. The Hall–Kier alpha value is -3.13. The molecular weight excluding hydrogens is 455 g/mol. The van der Waals surface area contributed by atoms with Gasteiger partial charge < -0.3 is 5.32 Å². The number of benzene rings is 2. The van der Waals surface area contributed by atoms with E-state index in [4.69, 9.17) is 11.6 Å². The normalized spacial score (nSPS) is 12.3. The molecule has 0 spiro atoms. The third-order valence-electron chi connectivity index (χ3n) is 4.60. The van der Waals surface area contributed by atoms with Crippen LogP contribution >= 0.6 is 11.6 Å². The number of allylic oxidation sites excluding steroid dienone is 1. The summed E-state index contributed by atoms with van der Waals surface area (Å²) in [6.07, 6.45) is -1.61. The van der Waals surface area contributed by atoms with Crippen LogP contribution in [0.3, 0.4) is 0 Å². The minimum Gasteiger partial charge on any atom is -0.325 e. The summed E-state index contributed by atoms with van der Waals surface area (Å²) in [5.74, 6) is -0.702. The van der Waals surface area contributed by atoms with E-state index in [2.05, 4.69) is 41.8 Å². The largest absolute Gasteiger partial charge is 0.416 e. The number of halogens is 4. The third-order valence-corrected chi connectivity index (χ3v) is 4.93. The highest BCUT2D eigenvalue weighted by Crippen LogP contribution is 2.33. The maximum Gasteiger partial charge on any atom is 0.416 e. The van der Waals surface area contributed by atoms with Crippen molar-refractivity contribution in [1.29, 1.82) is 0 Å². The molecule has 2 aromatic carbocycles. The summed E-state index contributed by atoms with van der Waals surface area (Å²) in [7, 11) is 0. The van der Waals surface area contributed by atoms with Crippen molar-refractivity contribution < 1.29 is 22.8 Å². The molecule has 0 bridgehead atoms. The molecule has 33 heavy (non-hydrogen) atoms. The maximum absolute atomic E-state index is 12.8. The molecule has 0 aliphatic carbocycles. The van der Waals surface area contributed by atoms with E-state index in [-0.39, 0.29) is 23.6 Å². The van der Waals surface area contributed by atoms with Crippen molar-refractivity contribution in [2.75, 3.05) is 5.32 Å². The number of alkyl halides is 3. The molecule has 0 radical (unpaired) electrons. The molecule has 2 rings (SSSR count). The van der Waals surface area contributed by atoms with Crippen molar-refractivity contribution in [2.24, 2.45) is 5.10 Å². The Morgan fingerprint density at radius 2 is 1.70 bits per heavy atom. The molecule has 0 unspecified atom stereocenters. The lowest BCUT2D eigenvalue weighted by molar-refractivity contribution is -0.137. The van der Waals surface area contributed by atoms with Crippen molar-refractivity contribution in [3.05, 3.63) is 69.8 Å². The maximum atomic E-state index is 12.8. The lowest BCUT2D eigenvalue weighted by Crippen LogP contribution is -2.21. The standard InChI is InChI=1S/C24H25ClF3N3O2/c1-15(2)18-6-4-17(5-7-18)12-16(3)14-29-31-23(33)11-10-22(32)30-21-13-19(24(26,27)28)8-9-20(21)25/h4-9,12-15H,10-11H2,1-3H3,(H,30,32)(H,31,33)/b16-12-,29-14-. The predicted octanol–water partition coefficient (Wildman–Crippen LogP) is 6.41.